The molecule has 0 radical (unpaired) electrons. The summed E-state index contributed by atoms with van der Waals surface area (Å²) >= 11 is 0. The number of piperazine rings is 1. The van der Waals surface area contributed by atoms with E-state index in [4.69, 9.17) is 11.0 Å². The minimum absolute atomic E-state index is 0.0149. The van der Waals surface area contributed by atoms with Gasteiger partial charge in [-0.1, -0.05) is 0 Å². The Morgan fingerprint density at radius 1 is 1.61 bits per heavy atom. The first-order valence-corrected chi connectivity index (χ1v) is 5.29. The van der Waals surface area contributed by atoms with Gasteiger partial charge in [0, 0.05) is 6.20 Å². The normalized spacial score (nSPS) is 19.3. The van der Waals surface area contributed by atoms with E-state index in [2.05, 4.69) is 10.3 Å². The highest BCUT2D eigenvalue weighted by molar-refractivity contribution is 6.04. The lowest BCUT2D eigenvalue weighted by Crippen LogP contribution is -2.57. The van der Waals surface area contributed by atoms with E-state index in [0.29, 0.717) is 0 Å². The van der Waals surface area contributed by atoms with Gasteiger partial charge in [0.15, 0.2) is 5.82 Å². The number of hydrogen-bond donors (Lipinski definition) is 2. The third kappa shape index (κ3) is 1.84. The SMILES string of the molecule is CC1C(=O)NC(=O)CN1c1nccc(C#N)c1N. The molecule has 1 aromatic heterocycles. The van der Waals surface area contributed by atoms with Crippen LogP contribution in [0.2, 0.25) is 0 Å². The zero-order valence-electron chi connectivity index (χ0n) is 9.67. The number of rotatable bonds is 1. The van der Waals surface area contributed by atoms with Crippen molar-refractivity contribution in [3.8, 4) is 6.07 Å². The Morgan fingerprint density at radius 3 is 3.00 bits per heavy atom. The highest BCUT2D eigenvalue weighted by Gasteiger charge is 2.32. The molecule has 1 saturated heterocycles. The van der Waals surface area contributed by atoms with Crippen molar-refractivity contribution in [1.29, 1.82) is 5.26 Å². The summed E-state index contributed by atoms with van der Waals surface area (Å²) in [6, 6.07) is 2.85. The predicted octanol–water partition coefficient (Wildman–Crippen LogP) is -0.613. The molecule has 1 unspecified atom stereocenters. The number of amides is 2. The van der Waals surface area contributed by atoms with Gasteiger partial charge in [-0.25, -0.2) is 4.98 Å². The van der Waals surface area contributed by atoms with E-state index in [-0.39, 0.29) is 23.6 Å². The molecule has 3 N–H and O–H groups in total. The van der Waals surface area contributed by atoms with Crippen molar-refractivity contribution in [2.75, 3.05) is 17.2 Å². The maximum absolute atomic E-state index is 11.5. The van der Waals surface area contributed by atoms with E-state index in [1.54, 1.807) is 6.92 Å². The monoisotopic (exact) mass is 245 g/mol. The van der Waals surface area contributed by atoms with Crippen LogP contribution >= 0.6 is 0 Å². The number of nitrogen functional groups attached to an aromatic ring is 1. The lowest BCUT2D eigenvalue weighted by molar-refractivity contribution is -0.132. The third-order valence-corrected chi connectivity index (χ3v) is 2.79. The van der Waals surface area contributed by atoms with Gasteiger partial charge in [0.1, 0.15) is 12.1 Å². The van der Waals surface area contributed by atoms with Crippen LogP contribution in [0.4, 0.5) is 11.5 Å². The molecule has 0 spiro atoms. The Bertz CT molecular complexity index is 563. The fourth-order valence-electron chi connectivity index (χ4n) is 1.76. The van der Waals surface area contributed by atoms with Crippen molar-refractivity contribution in [2.45, 2.75) is 13.0 Å². The van der Waals surface area contributed by atoms with Gasteiger partial charge in [0.2, 0.25) is 11.8 Å². The van der Waals surface area contributed by atoms with E-state index in [0.717, 1.165) is 0 Å². The zero-order valence-corrected chi connectivity index (χ0v) is 9.67. The molecule has 92 valence electrons. The number of carbonyl (C=O) groups excluding carboxylic acids is 2. The van der Waals surface area contributed by atoms with Crippen LogP contribution in [0.1, 0.15) is 12.5 Å². The Morgan fingerprint density at radius 2 is 2.33 bits per heavy atom. The number of aromatic nitrogens is 1. The Kier molecular flexibility index (Phi) is 2.85. The number of carbonyl (C=O) groups is 2. The van der Waals surface area contributed by atoms with E-state index in [1.807, 2.05) is 6.07 Å². The molecule has 7 heteroatoms. The molecule has 0 bridgehead atoms. The molecule has 1 atom stereocenters. The highest BCUT2D eigenvalue weighted by atomic mass is 16.2. The molecule has 0 saturated carbocycles. The van der Waals surface area contributed by atoms with Crippen LogP contribution in [0.15, 0.2) is 12.3 Å². The summed E-state index contributed by atoms with van der Waals surface area (Å²) in [5.41, 5.74) is 6.25. The van der Waals surface area contributed by atoms with Gasteiger partial charge < -0.3 is 10.6 Å². The first kappa shape index (κ1) is 11.9. The second-order valence-corrected chi connectivity index (χ2v) is 3.92. The summed E-state index contributed by atoms with van der Waals surface area (Å²) in [4.78, 5) is 28.4. The molecule has 1 aromatic rings. The number of nitrogens with one attached hydrogen (secondary N) is 1. The molecular formula is C11H11N5O2. The molecule has 1 aliphatic heterocycles. The molecule has 1 aliphatic rings. The second kappa shape index (κ2) is 4.33. The number of nitrogens with two attached hydrogens (primary N) is 1. The number of nitrogens with zero attached hydrogens (tertiary/aromatic N) is 3. The Labute approximate surface area is 103 Å². The lowest BCUT2D eigenvalue weighted by Gasteiger charge is -2.33. The minimum atomic E-state index is -0.563. The Balaban J connectivity index is 2.45. The molecule has 2 heterocycles. The molecule has 2 rings (SSSR count). The van der Waals surface area contributed by atoms with Gasteiger partial charge in [-0.15, -0.1) is 0 Å². The quantitative estimate of drug-likeness (QED) is 0.638. The average Bonchev–Trinajstić information content (AvgIpc) is 2.34. The van der Waals surface area contributed by atoms with E-state index >= 15 is 0 Å². The summed E-state index contributed by atoms with van der Waals surface area (Å²) < 4.78 is 0. The highest BCUT2D eigenvalue weighted by Crippen LogP contribution is 2.25. The number of imide groups is 1. The van der Waals surface area contributed by atoms with Gasteiger partial charge in [0.05, 0.1) is 17.8 Å². The lowest BCUT2D eigenvalue weighted by atomic mass is 10.1. The van der Waals surface area contributed by atoms with Crippen LogP contribution in [-0.2, 0) is 9.59 Å². The van der Waals surface area contributed by atoms with E-state index in [1.165, 1.54) is 17.2 Å². The molecule has 1 fully saturated rings. The number of pyridine rings is 1. The molecular weight excluding hydrogens is 234 g/mol. The van der Waals surface area contributed by atoms with Gasteiger partial charge in [0.25, 0.3) is 0 Å². The van der Waals surface area contributed by atoms with E-state index < -0.39 is 17.9 Å². The van der Waals surface area contributed by atoms with Gasteiger partial charge in [-0.05, 0) is 13.0 Å². The molecule has 0 aliphatic carbocycles. The van der Waals surface area contributed by atoms with Crippen molar-refractivity contribution in [3.05, 3.63) is 17.8 Å². The third-order valence-electron chi connectivity index (χ3n) is 2.79. The molecule has 0 aromatic carbocycles. The molecule has 7 nitrogen and oxygen atoms in total. The fraction of sp³-hybridized carbons (Fsp3) is 0.273. The van der Waals surface area contributed by atoms with Crippen molar-refractivity contribution < 1.29 is 9.59 Å². The summed E-state index contributed by atoms with van der Waals surface area (Å²) in [6.45, 7) is 1.63. The standard InChI is InChI=1S/C11H11N5O2/c1-6-11(18)15-8(17)5-16(6)10-9(13)7(4-12)2-3-14-10/h2-3,6H,5,13H2,1H3,(H,15,17,18). The summed E-state index contributed by atoms with van der Waals surface area (Å²) in [5.74, 6) is -0.541. The van der Waals surface area contributed by atoms with Crippen molar-refractivity contribution in [1.82, 2.24) is 10.3 Å². The minimum Gasteiger partial charge on any atom is -0.395 e. The van der Waals surface area contributed by atoms with Gasteiger partial charge in [-0.3, -0.25) is 14.9 Å². The average molecular weight is 245 g/mol. The smallest absolute Gasteiger partial charge is 0.249 e. The van der Waals surface area contributed by atoms with Crippen molar-refractivity contribution in [2.24, 2.45) is 0 Å². The summed E-state index contributed by atoms with van der Waals surface area (Å²) in [6.07, 6.45) is 1.42. The van der Waals surface area contributed by atoms with Crippen LogP contribution in [0.25, 0.3) is 0 Å². The fourth-order valence-corrected chi connectivity index (χ4v) is 1.76. The molecule has 18 heavy (non-hydrogen) atoms. The van der Waals surface area contributed by atoms with Crippen LogP contribution in [0.3, 0.4) is 0 Å². The maximum atomic E-state index is 11.5. The maximum Gasteiger partial charge on any atom is 0.249 e. The topological polar surface area (TPSA) is 112 Å². The number of nitriles is 1. The Hall–Kier alpha value is -2.62. The molecule has 2 amide bonds. The first-order chi connectivity index (χ1) is 8.54. The number of hydrogen-bond acceptors (Lipinski definition) is 6. The van der Waals surface area contributed by atoms with Crippen LogP contribution in [0, 0.1) is 11.3 Å². The first-order valence-electron chi connectivity index (χ1n) is 5.29. The predicted molar refractivity (Wildman–Crippen MR) is 63.3 cm³/mol. The zero-order chi connectivity index (χ0) is 13.3. The number of anilines is 2. The summed E-state index contributed by atoms with van der Waals surface area (Å²) in [7, 11) is 0. The van der Waals surface area contributed by atoms with Gasteiger partial charge >= 0.3 is 0 Å². The van der Waals surface area contributed by atoms with Crippen LogP contribution in [0.5, 0.6) is 0 Å². The second-order valence-electron chi connectivity index (χ2n) is 3.92. The van der Waals surface area contributed by atoms with Gasteiger partial charge in [-0.2, -0.15) is 5.26 Å². The van der Waals surface area contributed by atoms with Crippen molar-refractivity contribution >= 4 is 23.3 Å². The van der Waals surface area contributed by atoms with E-state index in [9.17, 15) is 9.59 Å². The van der Waals surface area contributed by atoms with Crippen molar-refractivity contribution in [3.63, 3.8) is 0 Å². The van der Waals surface area contributed by atoms with Crippen LogP contribution in [-0.4, -0.2) is 29.4 Å². The summed E-state index contributed by atoms with van der Waals surface area (Å²) in [5, 5.41) is 11.1. The van der Waals surface area contributed by atoms with Crippen LogP contribution < -0.4 is 16.0 Å². The largest absolute Gasteiger partial charge is 0.395 e.